The molecule has 0 N–H and O–H groups in total. The van der Waals surface area contributed by atoms with Crippen molar-refractivity contribution in [1.82, 2.24) is 24.6 Å². The Morgan fingerprint density at radius 2 is 2.12 bits per heavy atom. The fraction of sp³-hybridized carbons (Fsp3) is 0.0909. The fourth-order valence-electron chi connectivity index (χ4n) is 1.64. The van der Waals surface area contributed by atoms with Gasteiger partial charge in [-0.05, 0) is 12.1 Å². The number of aromatic nitrogens is 5. The van der Waals surface area contributed by atoms with Gasteiger partial charge in [-0.15, -0.1) is 10.2 Å². The molecule has 3 heterocycles. The number of pyridine rings is 1. The monoisotopic (exact) mass is 226 g/mol. The van der Waals surface area contributed by atoms with E-state index in [1.165, 1.54) is 0 Å². The third-order valence-corrected chi connectivity index (χ3v) is 2.51. The molecule has 17 heavy (non-hydrogen) atoms. The van der Waals surface area contributed by atoms with Gasteiger partial charge in [-0.3, -0.25) is 4.40 Å². The van der Waals surface area contributed by atoms with E-state index < -0.39 is 0 Å². The second-order valence-corrected chi connectivity index (χ2v) is 3.56. The minimum absolute atomic E-state index is 0.709. The lowest BCUT2D eigenvalue weighted by Gasteiger charge is -2.16. The van der Waals surface area contributed by atoms with Crippen LogP contribution in [0.2, 0.25) is 0 Å². The van der Waals surface area contributed by atoms with Gasteiger partial charge in [-0.1, -0.05) is 6.07 Å². The Bertz CT molecular complexity index is 633. The molecule has 0 spiro atoms. The van der Waals surface area contributed by atoms with E-state index in [9.17, 15) is 0 Å². The van der Waals surface area contributed by atoms with E-state index >= 15 is 0 Å². The average molecular weight is 226 g/mol. The number of rotatable bonds is 2. The van der Waals surface area contributed by atoms with Crippen molar-refractivity contribution in [1.29, 1.82) is 0 Å². The average Bonchev–Trinajstić information content (AvgIpc) is 2.87. The second kappa shape index (κ2) is 3.82. The maximum absolute atomic E-state index is 4.32. The van der Waals surface area contributed by atoms with E-state index in [0.717, 1.165) is 11.6 Å². The third-order valence-electron chi connectivity index (χ3n) is 2.51. The van der Waals surface area contributed by atoms with E-state index in [1.807, 2.05) is 40.7 Å². The predicted molar refractivity (Wildman–Crippen MR) is 63.1 cm³/mol. The van der Waals surface area contributed by atoms with Crippen LogP contribution in [0.1, 0.15) is 0 Å². The van der Waals surface area contributed by atoms with Gasteiger partial charge in [-0.2, -0.15) is 0 Å². The molecule has 0 aliphatic carbocycles. The maximum atomic E-state index is 4.32. The number of nitrogens with zero attached hydrogens (tertiary/aromatic N) is 6. The first-order valence-electron chi connectivity index (χ1n) is 5.15. The van der Waals surface area contributed by atoms with E-state index in [-0.39, 0.29) is 0 Å². The van der Waals surface area contributed by atoms with Gasteiger partial charge in [0.15, 0.2) is 5.82 Å². The molecule has 0 bridgehead atoms. The Hall–Kier alpha value is -2.50. The van der Waals surface area contributed by atoms with Crippen molar-refractivity contribution in [3.8, 4) is 0 Å². The Labute approximate surface area is 97.6 Å². The molecule has 3 rings (SSSR count). The Kier molecular flexibility index (Phi) is 2.18. The summed E-state index contributed by atoms with van der Waals surface area (Å²) in [6.45, 7) is 0. The van der Waals surface area contributed by atoms with Crippen molar-refractivity contribution >= 4 is 17.3 Å². The summed E-state index contributed by atoms with van der Waals surface area (Å²) in [7, 11) is 1.90. The number of hydrogen-bond donors (Lipinski definition) is 0. The molecule has 0 saturated carbocycles. The molecule has 3 aromatic heterocycles. The number of hydrogen-bond acceptors (Lipinski definition) is 5. The van der Waals surface area contributed by atoms with Gasteiger partial charge >= 0.3 is 0 Å². The summed E-state index contributed by atoms with van der Waals surface area (Å²) in [4.78, 5) is 10.5. The summed E-state index contributed by atoms with van der Waals surface area (Å²) >= 11 is 0. The Morgan fingerprint density at radius 3 is 2.94 bits per heavy atom. The maximum Gasteiger partial charge on any atom is 0.204 e. The summed E-state index contributed by atoms with van der Waals surface area (Å²) in [6, 6.07) is 5.73. The van der Waals surface area contributed by atoms with E-state index in [2.05, 4.69) is 20.2 Å². The molecule has 6 heteroatoms. The minimum Gasteiger partial charge on any atom is -0.311 e. The molecular weight excluding hydrogens is 216 g/mol. The van der Waals surface area contributed by atoms with Crippen molar-refractivity contribution in [2.45, 2.75) is 0 Å². The van der Waals surface area contributed by atoms with Crippen molar-refractivity contribution < 1.29 is 0 Å². The Balaban J connectivity index is 2.13. The minimum atomic E-state index is 0.709. The van der Waals surface area contributed by atoms with E-state index in [0.29, 0.717) is 5.65 Å². The van der Waals surface area contributed by atoms with Crippen LogP contribution in [0.4, 0.5) is 11.6 Å². The van der Waals surface area contributed by atoms with E-state index in [1.54, 1.807) is 18.7 Å². The molecule has 84 valence electrons. The highest BCUT2D eigenvalue weighted by Gasteiger charge is 2.11. The third kappa shape index (κ3) is 1.59. The topological polar surface area (TPSA) is 59.2 Å². The van der Waals surface area contributed by atoms with Crippen molar-refractivity contribution in [2.24, 2.45) is 0 Å². The lowest BCUT2D eigenvalue weighted by atomic mass is 10.4. The van der Waals surface area contributed by atoms with Crippen LogP contribution in [0.5, 0.6) is 0 Å². The normalized spacial score (nSPS) is 10.6. The molecule has 0 aliphatic rings. The summed E-state index contributed by atoms with van der Waals surface area (Å²) in [5.41, 5.74) is 0.709. The molecule has 0 aliphatic heterocycles. The summed E-state index contributed by atoms with van der Waals surface area (Å²) in [5.74, 6) is 1.54. The summed E-state index contributed by atoms with van der Waals surface area (Å²) in [6.07, 6.45) is 6.92. The molecule has 0 atom stereocenters. The molecule has 3 aromatic rings. The highest BCUT2D eigenvalue weighted by atomic mass is 15.3. The summed E-state index contributed by atoms with van der Waals surface area (Å²) in [5, 5.41) is 7.91. The largest absolute Gasteiger partial charge is 0.311 e. The van der Waals surface area contributed by atoms with E-state index in [4.69, 9.17) is 0 Å². The van der Waals surface area contributed by atoms with Crippen LogP contribution in [0.15, 0.2) is 43.1 Å². The van der Waals surface area contributed by atoms with Crippen LogP contribution in [0.3, 0.4) is 0 Å². The number of anilines is 2. The van der Waals surface area contributed by atoms with Gasteiger partial charge in [-0.25, -0.2) is 9.97 Å². The van der Waals surface area contributed by atoms with Crippen molar-refractivity contribution in [3.63, 3.8) is 0 Å². The fourth-order valence-corrected chi connectivity index (χ4v) is 1.64. The SMILES string of the molecule is CN(c1ccccn1)c1nccn2cnnc12. The van der Waals surface area contributed by atoms with Crippen molar-refractivity contribution in [3.05, 3.63) is 43.1 Å². The van der Waals surface area contributed by atoms with Crippen LogP contribution in [-0.4, -0.2) is 31.6 Å². The Morgan fingerprint density at radius 1 is 1.18 bits per heavy atom. The van der Waals surface area contributed by atoms with Crippen LogP contribution in [-0.2, 0) is 0 Å². The molecule has 0 saturated heterocycles. The highest BCUT2D eigenvalue weighted by Crippen LogP contribution is 2.21. The van der Waals surface area contributed by atoms with Crippen LogP contribution in [0.25, 0.3) is 5.65 Å². The molecule has 0 radical (unpaired) electrons. The standard InChI is InChI=1S/C11H10N6/c1-16(9-4-2-3-5-12-9)10-11-15-14-8-17(11)7-6-13-10/h2-8H,1H3. The zero-order chi connectivity index (χ0) is 11.7. The molecule has 6 nitrogen and oxygen atoms in total. The van der Waals surface area contributed by atoms with Crippen LogP contribution in [0, 0.1) is 0 Å². The van der Waals surface area contributed by atoms with Gasteiger partial charge in [0.25, 0.3) is 0 Å². The molecule has 0 fully saturated rings. The van der Waals surface area contributed by atoms with Gasteiger partial charge in [0.1, 0.15) is 12.1 Å². The first kappa shape index (κ1) is 9.71. The lowest BCUT2D eigenvalue weighted by Crippen LogP contribution is -2.13. The first-order chi connectivity index (χ1) is 8.36. The zero-order valence-electron chi connectivity index (χ0n) is 9.22. The quantitative estimate of drug-likeness (QED) is 0.659. The summed E-state index contributed by atoms with van der Waals surface area (Å²) < 4.78 is 1.82. The smallest absolute Gasteiger partial charge is 0.204 e. The molecule has 0 aromatic carbocycles. The zero-order valence-corrected chi connectivity index (χ0v) is 9.22. The van der Waals surface area contributed by atoms with Gasteiger partial charge in [0.05, 0.1) is 0 Å². The van der Waals surface area contributed by atoms with Gasteiger partial charge in [0.2, 0.25) is 5.65 Å². The van der Waals surface area contributed by atoms with Crippen LogP contribution < -0.4 is 4.90 Å². The molecular formula is C11H10N6. The highest BCUT2D eigenvalue weighted by molar-refractivity contribution is 5.69. The lowest BCUT2D eigenvalue weighted by molar-refractivity contribution is 1.04. The second-order valence-electron chi connectivity index (χ2n) is 3.56. The van der Waals surface area contributed by atoms with Crippen LogP contribution >= 0.6 is 0 Å². The van der Waals surface area contributed by atoms with Crippen molar-refractivity contribution in [2.75, 3.05) is 11.9 Å². The molecule has 0 amide bonds. The molecule has 0 unspecified atom stereocenters. The van der Waals surface area contributed by atoms with Gasteiger partial charge in [0, 0.05) is 25.6 Å². The number of fused-ring (bicyclic) bond motifs is 1. The predicted octanol–water partition coefficient (Wildman–Crippen LogP) is 1.29. The van der Waals surface area contributed by atoms with Gasteiger partial charge < -0.3 is 4.90 Å². The first-order valence-corrected chi connectivity index (χ1v) is 5.15.